The molecular formula is C35H39FN8O4. The molecule has 1 N–H and O–H groups in total. The van der Waals surface area contributed by atoms with Crippen LogP contribution in [0.3, 0.4) is 0 Å². The van der Waals surface area contributed by atoms with Gasteiger partial charge in [0.05, 0.1) is 31.4 Å². The average molecular weight is 655 g/mol. The van der Waals surface area contributed by atoms with Crippen LogP contribution in [0.5, 0.6) is 5.75 Å². The zero-order valence-corrected chi connectivity index (χ0v) is 26.9. The largest absolute Gasteiger partial charge is 0.486 e. The number of anilines is 3. The zero-order valence-electron chi connectivity index (χ0n) is 26.9. The fraction of sp³-hybridized carbons (Fsp3) is 0.486. The molecule has 3 aliphatic heterocycles. The highest BCUT2D eigenvalue weighted by Gasteiger charge is 2.38. The molecule has 0 bridgehead atoms. The molecule has 4 atom stereocenters. The van der Waals surface area contributed by atoms with Crippen LogP contribution in [0.2, 0.25) is 0 Å². The van der Waals surface area contributed by atoms with Gasteiger partial charge < -0.3 is 24.6 Å². The summed E-state index contributed by atoms with van der Waals surface area (Å²) in [7, 11) is 0. The molecule has 1 aliphatic carbocycles. The molecule has 0 unspecified atom stereocenters. The number of benzene rings is 2. The highest BCUT2D eigenvalue weighted by atomic mass is 19.1. The Bertz CT molecular complexity index is 1700. The summed E-state index contributed by atoms with van der Waals surface area (Å²) in [6.07, 6.45) is 0.663. The number of amides is 1. The second-order valence-corrected chi connectivity index (χ2v) is 13.1. The van der Waals surface area contributed by atoms with Crippen LogP contribution in [-0.2, 0) is 14.3 Å². The maximum absolute atomic E-state index is 15.2. The Kier molecular flexibility index (Phi) is 9.19. The Morgan fingerprint density at radius 1 is 1.08 bits per heavy atom. The number of nitrogens with zero attached hydrogens (tertiary/aromatic N) is 7. The van der Waals surface area contributed by atoms with E-state index in [0.29, 0.717) is 48.8 Å². The number of piperidine rings is 1. The summed E-state index contributed by atoms with van der Waals surface area (Å²) in [5.41, 5.74) is 2.81. The normalized spacial score (nSPS) is 25.0. The van der Waals surface area contributed by atoms with Crippen molar-refractivity contribution in [2.24, 2.45) is 5.92 Å². The standard InChI is InChI=1S/C35H39FN8O4/c1-22-17-42(12-13-44(22)28-19-47-20-28)27-6-4-26(5-7-27)40-35-39-21-38-33(41-35)23-3-9-31(25(14-23)16-37)48-32-10-11-43(18-30(32)36)34(46)24-2-8-29(45)15-24/h3-7,9,14,21-22,24,28,30,32H,2,8,10-13,15,17-20H2,1H3,(H,38,39,40,41)/t22-,24-,30-,32+/m1/s1. The molecule has 250 valence electrons. The molecule has 0 spiro atoms. The molecule has 48 heavy (non-hydrogen) atoms. The van der Waals surface area contributed by atoms with Gasteiger partial charge in [0.15, 0.2) is 12.0 Å². The fourth-order valence-corrected chi connectivity index (χ4v) is 7.07. The average Bonchev–Trinajstić information content (AvgIpc) is 3.52. The molecule has 4 fully saturated rings. The summed E-state index contributed by atoms with van der Waals surface area (Å²) < 4.78 is 26.5. The Morgan fingerprint density at radius 3 is 2.60 bits per heavy atom. The summed E-state index contributed by atoms with van der Waals surface area (Å²) in [5, 5.41) is 13.1. The Labute approximate surface area is 278 Å². The molecule has 1 amide bonds. The summed E-state index contributed by atoms with van der Waals surface area (Å²) in [6, 6.07) is 16.3. The third-order valence-corrected chi connectivity index (χ3v) is 9.85. The molecule has 3 aromatic rings. The molecule has 12 nitrogen and oxygen atoms in total. The Hall–Kier alpha value is -4.67. The Balaban J connectivity index is 0.961. The maximum atomic E-state index is 15.2. The molecule has 3 saturated heterocycles. The number of carbonyl (C=O) groups is 2. The lowest BCUT2D eigenvalue weighted by molar-refractivity contribution is -0.139. The first-order valence-corrected chi connectivity index (χ1v) is 16.6. The van der Waals surface area contributed by atoms with Crippen LogP contribution < -0.4 is 15.0 Å². The maximum Gasteiger partial charge on any atom is 0.230 e. The number of nitrogens with one attached hydrogen (secondary N) is 1. The van der Waals surface area contributed by atoms with E-state index in [0.717, 1.165) is 38.5 Å². The first-order chi connectivity index (χ1) is 23.3. The van der Waals surface area contributed by atoms with Crippen LogP contribution in [0.25, 0.3) is 11.4 Å². The first kappa shape index (κ1) is 31.9. The monoisotopic (exact) mass is 654 g/mol. The van der Waals surface area contributed by atoms with Crippen molar-refractivity contribution < 1.29 is 23.5 Å². The van der Waals surface area contributed by atoms with Crippen LogP contribution in [0.15, 0.2) is 48.8 Å². The van der Waals surface area contributed by atoms with Crippen LogP contribution in [0.4, 0.5) is 21.7 Å². The number of aromatic nitrogens is 3. The third-order valence-electron chi connectivity index (χ3n) is 9.85. The number of ether oxygens (including phenoxy) is 2. The van der Waals surface area contributed by atoms with Crippen molar-refractivity contribution >= 4 is 29.0 Å². The number of carbonyl (C=O) groups excluding carboxylic acids is 2. The number of hydrogen-bond acceptors (Lipinski definition) is 11. The van der Waals surface area contributed by atoms with Crippen molar-refractivity contribution in [3.8, 4) is 23.2 Å². The zero-order chi connectivity index (χ0) is 33.2. The van der Waals surface area contributed by atoms with Gasteiger partial charge in [-0.3, -0.25) is 14.5 Å². The minimum absolute atomic E-state index is 0.0840. The SMILES string of the molecule is C[C@@H]1CN(c2ccc(Nc3ncnc(-c4ccc(O[C@H]5CCN(C(=O)[C@@H]6CCC(=O)C6)C[C@H]5F)c(C#N)c4)n3)cc2)CCN1C1COC1. The van der Waals surface area contributed by atoms with Crippen molar-refractivity contribution in [3.05, 3.63) is 54.4 Å². The molecule has 0 radical (unpaired) electrons. The quantitative estimate of drug-likeness (QED) is 0.380. The van der Waals surface area contributed by atoms with Gasteiger partial charge in [-0.1, -0.05) is 0 Å². The van der Waals surface area contributed by atoms with E-state index in [1.807, 2.05) is 12.1 Å². The van der Waals surface area contributed by atoms with Gasteiger partial charge in [-0.25, -0.2) is 14.4 Å². The number of alkyl halides is 1. The number of piperazine rings is 1. The smallest absolute Gasteiger partial charge is 0.230 e. The van der Waals surface area contributed by atoms with E-state index in [2.05, 4.69) is 55.2 Å². The molecule has 1 aromatic heterocycles. The lowest BCUT2D eigenvalue weighted by Gasteiger charge is -2.47. The number of likely N-dealkylation sites (tertiary alicyclic amines) is 1. The number of halogens is 1. The second-order valence-electron chi connectivity index (χ2n) is 13.1. The van der Waals surface area contributed by atoms with E-state index >= 15 is 4.39 Å². The molecule has 4 heterocycles. The highest BCUT2D eigenvalue weighted by molar-refractivity contribution is 5.90. The van der Waals surface area contributed by atoms with E-state index < -0.39 is 12.3 Å². The molecule has 4 aliphatic rings. The molecule has 7 rings (SSSR count). The summed E-state index contributed by atoms with van der Waals surface area (Å²) in [6.45, 7) is 7.14. The number of hydrogen-bond donors (Lipinski definition) is 1. The van der Waals surface area contributed by atoms with Gasteiger partial charge in [0.25, 0.3) is 0 Å². The van der Waals surface area contributed by atoms with Crippen molar-refractivity contribution in [2.75, 3.05) is 56.2 Å². The molecule has 13 heteroatoms. The minimum atomic E-state index is -1.42. The van der Waals surface area contributed by atoms with E-state index in [9.17, 15) is 14.9 Å². The van der Waals surface area contributed by atoms with Crippen molar-refractivity contribution in [1.82, 2.24) is 24.8 Å². The number of rotatable bonds is 8. The van der Waals surface area contributed by atoms with E-state index in [1.165, 1.54) is 16.9 Å². The van der Waals surface area contributed by atoms with Crippen LogP contribution in [0, 0.1) is 17.2 Å². The molecule has 2 aromatic carbocycles. The third kappa shape index (κ3) is 6.81. The first-order valence-electron chi connectivity index (χ1n) is 16.6. The van der Waals surface area contributed by atoms with Crippen molar-refractivity contribution in [3.63, 3.8) is 0 Å². The summed E-state index contributed by atoms with van der Waals surface area (Å²) >= 11 is 0. The summed E-state index contributed by atoms with van der Waals surface area (Å²) in [5.74, 6) is 0.569. The van der Waals surface area contributed by atoms with Crippen LogP contribution >= 0.6 is 0 Å². The van der Waals surface area contributed by atoms with E-state index in [-0.39, 0.29) is 48.3 Å². The lowest BCUT2D eigenvalue weighted by atomic mass is 10.0. The Morgan fingerprint density at radius 2 is 1.92 bits per heavy atom. The van der Waals surface area contributed by atoms with Gasteiger partial charge in [0.2, 0.25) is 11.9 Å². The van der Waals surface area contributed by atoms with Gasteiger partial charge in [-0.2, -0.15) is 10.2 Å². The molecular weight excluding hydrogens is 615 g/mol. The number of ketones is 1. The van der Waals surface area contributed by atoms with Crippen molar-refractivity contribution in [1.29, 1.82) is 5.26 Å². The fourth-order valence-electron chi connectivity index (χ4n) is 7.07. The second kappa shape index (κ2) is 13.8. The van der Waals surface area contributed by atoms with Crippen LogP contribution in [0.1, 0.15) is 38.2 Å². The highest BCUT2D eigenvalue weighted by Crippen LogP contribution is 2.31. The van der Waals surface area contributed by atoms with Gasteiger partial charge in [0, 0.05) is 74.3 Å². The topological polar surface area (TPSA) is 137 Å². The van der Waals surface area contributed by atoms with Crippen LogP contribution in [-0.4, -0.2) is 107 Å². The molecule has 1 saturated carbocycles. The lowest BCUT2D eigenvalue weighted by Crippen LogP contribution is -2.60. The van der Waals surface area contributed by atoms with Crippen molar-refractivity contribution in [2.45, 2.75) is 57.0 Å². The minimum Gasteiger partial charge on any atom is -0.486 e. The van der Waals surface area contributed by atoms with Gasteiger partial charge in [-0.15, -0.1) is 0 Å². The van der Waals surface area contributed by atoms with E-state index in [1.54, 1.807) is 18.2 Å². The summed E-state index contributed by atoms with van der Waals surface area (Å²) in [4.78, 5) is 44.0. The van der Waals surface area contributed by atoms with Gasteiger partial charge >= 0.3 is 0 Å². The predicted molar refractivity (Wildman–Crippen MR) is 176 cm³/mol. The van der Waals surface area contributed by atoms with Gasteiger partial charge in [-0.05, 0) is 55.8 Å². The number of nitriles is 1. The number of Topliss-reactive ketones (excluding diaryl/α,β-unsaturated/α-hetero) is 1. The predicted octanol–water partition coefficient (Wildman–Crippen LogP) is 3.75. The van der Waals surface area contributed by atoms with Gasteiger partial charge in [0.1, 0.15) is 30.0 Å². The van der Waals surface area contributed by atoms with E-state index in [4.69, 9.17) is 9.47 Å².